The van der Waals surface area contributed by atoms with Gasteiger partial charge in [0.1, 0.15) is 6.04 Å². The Labute approximate surface area is 124 Å². The Morgan fingerprint density at radius 3 is 2.48 bits per heavy atom. The van der Waals surface area contributed by atoms with Gasteiger partial charge in [-0.3, -0.25) is 0 Å². The molecule has 0 aliphatic heterocycles. The Balaban J connectivity index is 2.39. The van der Waals surface area contributed by atoms with Crippen LogP contribution in [0.5, 0.6) is 0 Å². The highest BCUT2D eigenvalue weighted by molar-refractivity contribution is 5.82. The van der Waals surface area contributed by atoms with Crippen molar-refractivity contribution in [2.45, 2.75) is 38.8 Å². The molecule has 0 saturated heterocycles. The SMILES string of the molecule is Cc1ccc(CNC(=O)N[C@@H](CCCCN)C(=O)O)cc1. The molecule has 1 aromatic carbocycles. The van der Waals surface area contributed by atoms with Gasteiger partial charge in [0.2, 0.25) is 0 Å². The molecule has 116 valence electrons. The molecular weight excluding hydrogens is 270 g/mol. The first kappa shape index (κ1) is 17.0. The lowest BCUT2D eigenvalue weighted by Crippen LogP contribution is -2.45. The monoisotopic (exact) mass is 293 g/mol. The summed E-state index contributed by atoms with van der Waals surface area (Å²) in [6, 6.07) is 6.41. The zero-order valence-corrected chi connectivity index (χ0v) is 12.3. The highest BCUT2D eigenvalue weighted by Gasteiger charge is 2.18. The number of carbonyl (C=O) groups excluding carboxylic acids is 1. The molecule has 0 bridgehead atoms. The number of unbranched alkanes of at least 4 members (excludes halogenated alkanes) is 1. The van der Waals surface area contributed by atoms with Crippen LogP contribution in [0, 0.1) is 6.92 Å². The zero-order chi connectivity index (χ0) is 15.7. The average molecular weight is 293 g/mol. The third kappa shape index (κ3) is 6.76. The molecule has 0 spiro atoms. The van der Waals surface area contributed by atoms with Gasteiger partial charge in [0, 0.05) is 6.54 Å². The number of amides is 2. The second kappa shape index (κ2) is 8.97. The fourth-order valence-corrected chi connectivity index (χ4v) is 1.85. The van der Waals surface area contributed by atoms with Crippen molar-refractivity contribution in [2.24, 2.45) is 5.73 Å². The molecule has 6 heteroatoms. The predicted octanol–water partition coefficient (Wildman–Crippen LogP) is 1.38. The first-order chi connectivity index (χ1) is 10.0. The van der Waals surface area contributed by atoms with E-state index in [-0.39, 0.29) is 0 Å². The molecule has 0 aliphatic rings. The van der Waals surface area contributed by atoms with Gasteiger partial charge in [-0.05, 0) is 38.3 Å². The summed E-state index contributed by atoms with van der Waals surface area (Å²) in [6.07, 6.45) is 1.80. The van der Waals surface area contributed by atoms with Gasteiger partial charge in [0.15, 0.2) is 0 Å². The highest BCUT2D eigenvalue weighted by atomic mass is 16.4. The van der Waals surface area contributed by atoms with Gasteiger partial charge in [-0.1, -0.05) is 29.8 Å². The maximum Gasteiger partial charge on any atom is 0.326 e. The van der Waals surface area contributed by atoms with Crippen LogP contribution in [0.25, 0.3) is 0 Å². The Morgan fingerprint density at radius 1 is 1.24 bits per heavy atom. The molecule has 1 rings (SSSR count). The van der Waals surface area contributed by atoms with Crippen LogP contribution < -0.4 is 16.4 Å². The lowest BCUT2D eigenvalue weighted by Gasteiger charge is -2.15. The van der Waals surface area contributed by atoms with E-state index in [4.69, 9.17) is 10.8 Å². The average Bonchev–Trinajstić information content (AvgIpc) is 2.45. The number of carboxylic acid groups (broad SMARTS) is 1. The number of rotatable bonds is 8. The quantitative estimate of drug-likeness (QED) is 0.543. The van der Waals surface area contributed by atoms with Crippen LogP contribution in [0.2, 0.25) is 0 Å². The molecule has 5 N–H and O–H groups in total. The summed E-state index contributed by atoms with van der Waals surface area (Å²) in [6.45, 7) is 2.87. The Bertz CT molecular complexity index is 460. The fraction of sp³-hybridized carbons (Fsp3) is 0.467. The molecule has 0 heterocycles. The zero-order valence-electron chi connectivity index (χ0n) is 12.3. The molecule has 6 nitrogen and oxygen atoms in total. The van der Waals surface area contributed by atoms with Crippen molar-refractivity contribution in [3.8, 4) is 0 Å². The maximum atomic E-state index is 11.7. The molecule has 0 saturated carbocycles. The second-order valence-electron chi connectivity index (χ2n) is 4.99. The number of hydrogen-bond acceptors (Lipinski definition) is 3. The topological polar surface area (TPSA) is 104 Å². The standard InChI is InChI=1S/C15H23N3O3/c1-11-5-7-12(8-6-11)10-17-15(21)18-13(14(19)20)4-2-3-9-16/h5-8,13H,2-4,9-10,16H2,1H3,(H,19,20)(H2,17,18,21)/t13-/m0/s1. The van der Waals surface area contributed by atoms with Gasteiger partial charge >= 0.3 is 12.0 Å². The van der Waals surface area contributed by atoms with Crippen LogP contribution in [0.15, 0.2) is 24.3 Å². The van der Waals surface area contributed by atoms with Crippen LogP contribution in [-0.4, -0.2) is 29.7 Å². The lowest BCUT2D eigenvalue weighted by molar-refractivity contribution is -0.139. The number of nitrogens with two attached hydrogens (primary N) is 1. The van der Waals surface area contributed by atoms with E-state index < -0.39 is 18.0 Å². The summed E-state index contributed by atoms with van der Waals surface area (Å²) in [5.74, 6) is -1.03. The van der Waals surface area contributed by atoms with E-state index in [0.29, 0.717) is 25.9 Å². The number of urea groups is 1. The number of hydrogen-bond donors (Lipinski definition) is 4. The fourth-order valence-electron chi connectivity index (χ4n) is 1.85. The molecule has 0 unspecified atom stereocenters. The lowest BCUT2D eigenvalue weighted by atomic mass is 10.1. The number of carboxylic acids is 1. The van der Waals surface area contributed by atoms with Crippen LogP contribution in [-0.2, 0) is 11.3 Å². The van der Waals surface area contributed by atoms with Gasteiger partial charge < -0.3 is 21.5 Å². The third-order valence-electron chi connectivity index (χ3n) is 3.12. The van der Waals surface area contributed by atoms with Crippen LogP contribution in [0.1, 0.15) is 30.4 Å². The molecule has 0 fully saturated rings. The van der Waals surface area contributed by atoms with E-state index in [2.05, 4.69) is 10.6 Å². The summed E-state index contributed by atoms with van der Waals surface area (Å²) >= 11 is 0. The number of benzene rings is 1. The van der Waals surface area contributed by atoms with Crippen LogP contribution in [0.4, 0.5) is 4.79 Å². The highest BCUT2D eigenvalue weighted by Crippen LogP contribution is 2.03. The minimum Gasteiger partial charge on any atom is -0.480 e. The maximum absolute atomic E-state index is 11.7. The van der Waals surface area contributed by atoms with Gasteiger partial charge in [-0.2, -0.15) is 0 Å². The van der Waals surface area contributed by atoms with E-state index in [9.17, 15) is 9.59 Å². The first-order valence-electron chi connectivity index (χ1n) is 7.05. The molecule has 2 amide bonds. The number of carbonyl (C=O) groups is 2. The predicted molar refractivity (Wildman–Crippen MR) is 80.9 cm³/mol. The summed E-state index contributed by atoms with van der Waals surface area (Å²) in [4.78, 5) is 22.8. The minimum atomic E-state index is -1.03. The van der Waals surface area contributed by atoms with Gasteiger partial charge in [-0.15, -0.1) is 0 Å². The van der Waals surface area contributed by atoms with Crippen molar-refractivity contribution in [3.63, 3.8) is 0 Å². The van der Waals surface area contributed by atoms with Gasteiger partial charge in [0.05, 0.1) is 0 Å². The molecule has 0 aromatic heterocycles. The Hall–Kier alpha value is -2.08. The van der Waals surface area contributed by atoms with Crippen molar-refractivity contribution < 1.29 is 14.7 Å². The van der Waals surface area contributed by atoms with Crippen molar-refractivity contribution in [3.05, 3.63) is 35.4 Å². The van der Waals surface area contributed by atoms with Gasteiger partial charge in [-0.25, -0.2) is 9.59 Å². The van der Waals surface area contributed by atoms with Crippen LogP contribution >= 0.6 is 0 Å². The van der Waals surface area contributed by atoms with E-state index in [0.717, 1.165) is 17.5 Å². The van der Waals surface area contributed by atoms with Crippen LogP contribution in [0.3, 0.4) is 0 Å². The molecule has 1 aromatic rings. The number of aryl methyl sites for hydroxylation is 1. The number of nitrogens with one attached hydrogen (secondary N) is 2. The first-order valence-corrected chi connectivity index (χ1v) is 7.05. The van der Waals surface area contributed by atoms with Crippen molar-refractivity contribution >= 4 is 12.0 Å². The van der Waals surface area contributed by atoms with E-state index in [1.807, 2.05) is 31.2 Å². The van der Waals surface area contributed by atoms with E-state index in [1.165, 1.54) is 0 Å². The molecule has 0 radical (unpaired) electrons. The largest absolute Gasteiger partial charge is 0.480 e. The Kier molecular flexibility index (Phi) is 7.25. The van der Waals surface area contributed by atoms with Crippen molar-refractivity contribution in [1.82, 2.24) is 10.6 Å². The summed E-state index contributed by atoms with van der Waals surface area (Å²) in [5.41, 5.74) is 7.48. The van der Waals surface area contributed by atoms with E-state index in [1.54, 1.807) is 0 Å². The third-order valence-corrected chi connectivity index (χ3v) is 3.12. The van der Waals surface area contributed by atoms with Gasteiger partial charge in [0.25, 0.3) is 0 Å². The van der Waals surface area contributed by atoms with E-state index >= 15 is 0 Å². The van der Waals surface area contributed by atoms with Crippen molar-refractivity contribution in [1.29, 1.82) is 0 Å². The summed E-state index contributed by atoms with van der Waals surface area (Å²) in [5, 5.41) is 14.2. The number of aliphatic carboxylic acids is 1. The summed E-state index contributed by atoms with van der Waals surface area (Å²) in [7, 11) is 0. The second-order valence-corrected chi connectivity index (χ2v) is 4.99. The Morgan fingerprint density at radius 2 is 1.90 bits per heavy atom. The minimum absolute atomic E-state index is 0.362. The summed E-state index contributed by atoms with van der Waals surface area (Å²) < 4.78 is 0. The normalized spacial score (nSPS) is 11.7. The molecular formula is C15H23N3O3. The van der Waals surface area contributed by atoms with Crippen molar-refractivity contribution in [2.75, 3.05) is 6.54 Å². The molecule has 1 atom stereocenters. The molecule has 0 aliphatic carbocycles. The molecule has 21 heavy (non-hydrogen) atoms. The smallest absolute Gasteiger partial charge is 0.326 e.